The summed E-state index contributed by atoms with van der Waals surface area (Å²) >= 11 is 1.82. The Kier molecular flexibility index (Phi) is 9.64. The Labute approximate surface area is 128 Å². The second-order valence-corrected chi connectivity index (χ2v) is 8.88. The van der Waals surface area contributed by atoms with Crippen LogP contribution in [0.2, 0.25) is 0 Å². The summed E-state index contributed by atoms with van der Waals surface area (Å²) in [6, 6.07) is 0. The molecule has 0 heterocycles. The summed E-state index contributed by atoms with van der Waals surface area (Å²) in [5.41, 5.74) is 0. The van der Waals surface area contributed by atoms with Crippen LogP contribution in [0.4, 0.5) is 0 Å². The molecule has 0 fully saturated rings. The number of hydrogen-bond donors (Lipinski definition) is 1. The maximum Gasteiger partial charge on any atom is 0.472 e. The van der Waals surface area contributed by atoms with E-state index in [1.807, 2.05) is 39.8 Å². The third-order valence-electron chi connectivity index (χ3n) is 2.79. The largest absolute Gasteiger partial charge is 0.472 e. The maximum absolute atomic E-state index is 11.7. The van der Waals surface area contributed by atoms with Gasteiger partial charge in [-0.1, -0.05) is 13.8 Å². The van der Waals surface area contributed by atoms with Gasteiger partial charge in [-0.2, -0.15) is 11.8 Å². The van der Waals surface area contributed by atoms with Crippen molar-refractivity contribution >= 4 is 19.6 Å². The Hall–Kier alpha value is 0.420. The second-order valence-electron chi connectivity index (χ2n) is 6.51. The van der Waals surface area contributed by atoms with E-state index in [-0.39, 0.29) is 19.1 Å². The van der Waals surface area contributed by atoms with Crippen molar-refractivity contribution in [2.75, 3.05) is 52.9 Å². The van der Waals surface area contributed by atoms with Crippen molar-refractivity contribution in [3.05, 3.63) is 0 Å². The van der Waals surface area contributed by atoms with Crippen LogP contribution in [-0.4, -0.2) is 62.3 Å². The molecule has 0 aliphatic rings. The summed E-state index contributed by atoms with van der Waals surface area (Å²) in [6.45, 7) is 5.35. The molecule has 0 bridgehead atoms. The molecule has 0 aromatic rings. The van der Waals surface area contributed by atoms with Crippen molar-refractivity contribution in [2.24, 2.45) is 11.8 Å². The normalized spacial score (nSPS) is 18.6. The van der Waals surface area contributed by atoms with Crippen molar-refractivity contribution in [2.45, 2.75) is 20.3 Å². The molecule has 0 spiro atoms. The van der Waals surface area contributed by atoms with Crippen molar-refractivity contribution in [3.8, 4) is 0 Å². The SMILES string of the molecule is CSCC(C)CC(C)COP(=O)(O)OCC[N+](C)(C)C. The van der Waals surface area contributed by atoms with E-state index >= 15 is 0 Å². The van der Waals surface area contributed by atoms with Gasteiger partial charge in [-0.15, -0.1) is 0 Å². The van der Waals surface area contributed by atoms with Crippen molar-refractivity contribution < 1.29 is 23.0 Å². The number of phosphoric ester groups is 1. The highest BCUT2D eigenvalue weighted by molar-refractivity contribution is 7.98. The number of nitrogens with zero attached hydrogens (tertiary/aromatic N) is 1. The number of thioether (sulfide) groups is 1. The first-order valence-corrected chi connectivity index (χ1v) is 9.86. The van der Waals surface area contributed by atoms with Gasteiger partial charge >= 0.3 is 7.82 Å². The summed E-state index contributed by atoms with van der Waals surface area (Å²) < 4.78 is 22.4. The van der Waals surface area contributed by atoms with Crippen LogP contribution in [0.3, 0.4) is 0 Å². The number of likely N-dealkylation sites (N-methyl/N-ethyl adjacent to an activating group) is 1. The molecule has 7 heteroatoms. The third-order valence-corrected chi connectivity index (χ3v) is 4.68. The topological polar surface area (TPSA) is 55.8 Å². The Morgan fingerprint density at radius 3 is 2.30 bits per heavy atom. The second kappa shape index (κ2) is 9.44. The first-order valence-electron chi connectivity index (χ1n) is 6.97. The highest BCUT2D eigenvalue weighted by atomic mass is 32.2. The Morgan fingerprint density at radius 2 is 1.80 bits per heavy atom. The molecule has 0 aromatic carbocycles. The van der Waals surface area contributed by atoms with E-state index in [1.165, 1.54) is 0 Å². The van der Waals surface area contributed by atoms with Crippen LogP contribution in [0, 0.1) is 11.8 Å². The van der Waals surface area contributed by atoms with Gasteiger partial charge in [0.1, 0.15) is 13.2 Å². The van der Waals surface area contributed by atoms with Crippen LogP contribution >= 0.6 is 19.6 Å². The number of quaternary nitrogens is 1. The van der Waals surface area contributed by atoms with Crippen molar-refractivity contribution in [1.82, 2.24) is 0 Å². The minimum atomic E-state index is -3.91. The Balaban J connectivity index is 3.94. The molecule has 0 aromatic heterocycles. The lowest BCUT2D eigenvalue weighted by atomic mass is 10.00. The lowest BCUT2D eigenvalue weighted by Crippen LogP contribution is -2.37. The van der Waals surface area contributed by atoms with Gasteiger partial charge in [-0.05, 0) is 30.3 Å². The first kappa shape index (κ1) is 20.4. The minimum absolute atomic E-state index is 0.217. The predicted molar refractivity (Wildman–Crippen MR) is 86.0 cm³/mol. The van der Waals surface area contributed by atoms with Gasteiger partial charge in [0.05, 0.1) is 27.7 Å². The minimum Gasteiger partial charge on any atom is -0.329 e. The molecule has 0 saturated heterocycles. The molecular weight excluding hydrogens is 297 g/mol. The molecule has 0 saturated carbocycles. The molecule has 5 nitrogen and oxygen atoms in total. The standard InChI is InChI=1S/C13H30NO4PS/c1-12(9-13(2)11-20-6)10-18-19(15,16)17-8-7-14(3,4)5/h12-13H,7-11H2,1-6H3/p+1. The van der Waals surface area contributed by atoms with Gasteiger partial charge in [0, 0.05) is 0 Å². The van der Waals surface area contributed by atoms with Crippen LogP contribution in [0.25, 0.3) is 0 Å². The quantitative estimate of drug-likeness (QED) is 0.467. The Morgan fingerprint density at radius 1 is 1.20 bits per heavy atom. The summed E-state index contributed by atoms with van der Waals surface area (Å²) in [5, 5.41) is 0. The average Bonchev–Trinajstić information content (AvgIpc) is 2.24. The Bertz CT molecular complexity index is 309. The van der Waals surface area contributed by atoms with E-state index in [2.05, 4.69) is 13.2 Å². The molecule has 122 valence electrons. The van der Waals surface area contributed by atoms with Gasteiger partial charge in [-0.3, -0.25) is 9.05 Å². The number of rotatable bonds is 11. The average molecular weight is 328 g/mol. The highest BCUT2D eigenvalue weighted by Crippen LogP contribution is 2.43. The highest BCUT2D eigenvalue weighted by Gasteiger charge is 2.23. The van der Waals surface area contributed by atoms with Crippen LogP contribution in [-0.2, 0) is 13.6 Å². The molecule has 0 amide bonds. The summed E-state index contributed by atoms with van der Waals surface area (Å²) in [5.74, 6) is 1.93. The molecule has 0 aliphatic heterocycles. The van der Waals surface area contributed by atoms with Crippen LogP contribution < -0.4 is 0 Å². The molecule has 3 unspecified atom stereocenters. The van der Waals surface area contributed by atoms with Crippen LogP contribution in [0.5, 0.6) is 0 Å². The monoisotopic (exact) mass is 328 g/mol. The zero-order chi connectivity index (χ0) is 15.8. The first-order chi connectivity index (χ1) is 9.06. The lowest BCUT2D eigenvalue weighted by molar-refractivity contribution is -0.870. The van der Waals surface area contributed by atoms with E-state index in [9.17, 15) is 9.46 Å². The number of phosphoric acid groups is 1. The summed E-state index contributed by atoms with van der Waals surface area (Å²) in [4.78, 5) is 9.60. The molecule has 0 radical (unpaired) electrons. The lowest BCUT2D eigenvalue weighted by Gasteiger charge is -2.24. The maximum atomic E-state index is 11.7. The fourth-order valence-corrected chi connectivity index (χ4v) is 3.33. The van der Waals surface area contributed by atoms with E-state index < -0.39 is 7.82 Å². The van der Waals surface area contributed by atoms with E-state index in [0.29, 0.717) is 16.9 Å². The van der Waals surface area contributed by atoms with Gasteiger partial charge in [0.2, 0.25) is 0 Å². The number of hydrogen-bond acceptors (Lipinski definition) is 4. The fraction of sp³-hybridized carbons (Fsp3) is 1.00. The summed E-state index contributed by atoms with van der Waals surface area (Å²) in [7, 11) is 2.10. The molecule has 0 rings (SSSR count). The molecule has 1 N–H and O–H groups in total. The van der Waals surface area contributed by atoms with Gasteiger partial charge < -0.3 is 9.38 Å². The third kappa shape index (κ3) is 12.2. The van der Waals surface area contributed by atoms with E-state index in [0.717, 1.165) is 12.2 Å². The van der Waals surface area contributed by atoms with Crippen LogP contribution in [0.15, 0.2) is 0 Å². The molecule has 20 heavy (non-hydrogen) atoms. The van der Waals surface area contributed by atoms with Crippen LogP contribution in [0.1, 0.15) is 20.3 Å². The summed E-state index contributed by atoms with van der Waals surface area (Å²) in [6.07, 6.45) is 3.07. The zero-order valence-electron chi connectivity index (χ0n) is 13.7. The molecular formula is C13H31NO4PS+. The van der Waals surface area contributed by atoms with Gasteiger partial charge in [0.25, 0.3) is 0 Å². The van der Waals surface area contributed by atoms with Crippen molar-refractivity contribution in [1.29, 1.82) is 0 Å². The molecule has 3 atom stereocenters. The fourth-order valence-electron chi connectivity index (χ4n) is 1.80. The van der Waals surface area contributed by atoms with E-state index in [4.69, 9.17) is 9.05 Å². The smallest absolute Gasteiger partial charge is 0.329 e. The van der Waals surface area contributed by atoms with E-state index in [1.54, 1.807) is 0 Å². The van der Waals surface area contributed by atoms with Gasteiger partial charge in [-0.25, -0.2) is 4.57 Å². The van der Waals surface area contributed by atoms with Gasteiger partial charge in [0.15, 0.2) is 0 Å². The predicted octanol–water partition coefficient (Wildman–Crippen LogP) is 2.85. The zero-order valence-corrected chi connectivity index (χ0v) is 15.4. The molecule has 0 aliphatic carbocycles. The van der Waals surface area contributed by atoms with Crippen molar-refractivity contribution in [3.63, 3.8) is 0 Å².